The van der Waals surface area contributed by atoms with E-state index in [-0.39, 0.29) is 0 Å². The highest BCUT2D eigenvalue weighted by atomic mass is 16.3. The van der Waals surface area contributed by atoms with Crippen molar-refractivity contribution in [3.8, 4) is 0 Å². The Morgan fingerprint density at radius 3 is 2.54 bits per heavy atom. The fourth-order valence-electron chi connectivity index (χ4n) is 1.32. The van der Waals surface area contributed by atoms with Crippen molar-refractivity contribution in [1.29, 1.82) is 0 Å². The van der Waals surface area contributed by atoms with Crippen LogP contribution in [0.1, 0.15) is 25.0 Å². The number of benzene rings is 1. The fraction of sp³-hybridized carbons (Fsp3) is 0.364. The van der Waals surface area contributed by atoms with Gasteiger partial charge in [-0.1, -0.05) is 19.9 Å². The van der Waals surface area contributed by atoms with Crippen LogP contribution < -0.4 is 0 Å². The van der Waals surface area contributed by atoms with Crippen LogP contribution >= 0.6 is 0 Å². The minimum Gasteiger partial charge on any atom is -0.443 e. The van der Waals surface area contributed by atoms with Gasteiger partial charge in [0.15, 0.2) is 12.0 Å². The second kappa shape index (κ2) is 4.08. The van der Waals surface area contributed by atoms with E-state index in [4.69, 9.17) is 4.42 Å². The first-order valence-corrected chi connectivity index (χ1v) is 4.58. The Hall–Kier alpha value is -1.31. The lowest BCUT2D eigenvalue weighted by atomic mass is 10.1. The number of oxazole rings is 1. The lowest BCUT2D eigenvalue weighted by Crippen LogP contribution is -1.77. The maximum absolute atomic E-state index is 5.19. The molecule has 1 aromatic heterocycles. The van der Waals surface area contributed by atoms with Crippen molar-refractivity contribution >= 4 is 11.1 Å². The van der Waals surface area contributed by atoms with Crippen molar-refractivity contribution in [1.82, 2.24) is 4.98 Å². The van der Waals surface area contributed by atoms with Crippen LogP contribution in [0.25, 0.3) is 11.1 Å². The lowest BCUT2D eigenvalue weighted by Gasteiger charge is -1.94. The van der Waals surface area contributed by atoms with Crippen LogP contribution in [0.3, 0.4) is 0 Å². The molecule has 0 aliphatic heterocycles. The van der Waals surface area contributed by atoms with Gasteiger partial charge < -0.3 is 4.42 Å². The molecular formula is C11H15NO. The number of aryl methyl sites for hydroxylation is 2. The van der Waals surface area contributed by atoms with E-state index in [9.17, 15) is 0 Å². The number of nitrogens with zero attached hydrogens (tertiary/aromatic N) is 1. The number of hydrogen-bond acceptors (Lipinski definition) is 2. The molecule has 0 fully saturated rings. The Kier molecular flexibility index (Phi) is 3.07. The van der Waals surface area contributed by atoms with E-state index in [1.165, 1.54) is 12.0 Å². The number of hydrogen-bond donors (Lipinski definition) is 0. The molecule has 1 aromatic carbocycles. The predicted octanol–water partition coefficient (Wildman–Crippen LogP) is 3.47. The molecule has 0 saturated carbocycles. The quantitative estimate of drug-likeness (QED) is 0.615. The van der Waals surface area contributed by atoms with E-state index in [0.29, 0.717) is 0 Å². The molecule has 70 valence electrons. The number of aromatic nitrogens is 1. The van der Waals surface area contributed by atoms with Crippen LogP contribution in [0.4, 0.5) is 0 Å². The maximum Gasteiger partial charge on any atom is 0.181 e. The molecule has 0 aliphatic carbocycles. The van der Waals surface area contributed by atoms with Crippen LogP contribution in [-0.4, -0.2) is 4.98 Å². The molecule has 0 spiro atoms. The minimum absolute atomic E-state index is 0.899. The third-order valence-electron chi connectivity index (χ3n) is 1.76. The van der Waals surface area contributed by atoms with E-state index < -0.39 is 0 Å². The van der Waals surface area contributed by atoms with Crippen molar-refractivity contribution in [2.45, 2.75) is 27.7 Å². The van der Waals surface area contributed by atoms with Gasteiger partial charge in [-0.3, -0.25) is 0 Å². The molecule has 13 heavy (non-hydrogen) atoms. The van der Waals surface area contributed by atoms with Crippen molar-refractivity contribution < 1.29 is 4.42 Å². The molecule has 0 unspecified atom stereocenters. The summed E-state index contributed by atoms with van der Waals surface area (Å²) in [4.78, 5) is 4.07. The van der Waals surface area contributed by atoms with Gasteiger partial charge in [0.1, 0.15) is 5.52 Å². The zero-order valence-corrected chi connectivity index (χ0v) is 8.59. The molecule has 0 saturated heterocycles. The van der Waals surface area contributed by atoms with Gasteiger partial charge in [0.2, 0.25) is 0 Å². The zero-order valence-electron chi connectivity index (χ0n) is 8.59. The fourth-order valence-corrected chi connectivity index (χ4v) is 1.32. The summed E-state index contributed by atoms with van der Waals surface area (Å²) in [7, 11) is 0. The van der Waals surface area contributed by atoms with Gasteiger partial charge in [-0.15, -0.1) is 0 Å². The topological polar surface area (TPSA) is 26.0 Å². The third kappa shape index (κ3) is 1.89. The molecule has 0 aliphatic rings. The average molecular weight is 177 g/mol. The number of fused-ring (bicyclic) bond motifs is 1. The maximum atomic E-state index is 5.19. The first kappa shape index (κ1) is 9.78. The van der Waals surface area contributed by atoms with Crippen molar-refractivity contribution in [2.24, 2.45) is 0 Å². The van der Waals surface area contributed by atoms with Gasteiger partial charge in [-0.25, -0.2) is 4.98 Å². The molecule has 2 nitrogen and oxygen atoms in total. The van der Waals surface area contributed by atoms with Crippen molar-refractivity contribution in [3.63, 3.8) is 0 Å². The Balaban J connectivity index is 0.000000396. The molecule has 0 amide bonds. The van der Waals surface area contributed by atoms with Gasteiger partial charge in [0, 0.05) is 0 Å². The third-order valence-corrected chi connectivity index (χ3v) is 1.76. The Morgan fingerprint density at radius 2 is 1.85 bits per heavy atom. The molecule has 2 heteroatoms. The lowest BCUT2D eigenvalue weighted by molar-refractivity contribution is 0.600. The molecule has 0 radical (unpaired) electrons. The average Bonchev–Trinajstić information content (AvgIpc) is 2.55. The van der Waals surface area contributed by atoms with Gasteiger partial charge in [-0.05, 0) is 31.0 Å². The second-order valence-electron chi connectivity index (χ2n) is 2.78. The normalized spacial score (nSPS) is 9.54. The van der Waals surface area contributed by atoms with E-state index >= 15 is 0 Å². The van der Waals surface area contributed by atoms with Gasteiger partial charge in [0.05, 0.1) is 0 Å². The van der Waals surface area contributed by atoms with E-state index in [0.717, 1.165) is 16.7 Å². The van der Waals surface area contributed by atoms with Crippen LogP contribution in [-0.2, 0) is 0 Å². The monoisotopic (exact) mass is 177 g/mol. The Labute approximate surface area is 78.6 Å². The summed E-state index contributed by atoms with van der Waals surface area (Å²) >= 11 is 0. The number of rotatable bonds is 0. The van der Waals surface area contributed by atoms with E-state index in [2.05, 4.69) is 18.0 Å². The first-order valence-electron chi connectivity index (χ1n) is 4.58. The highest BCUT2D eigenvalue weighted by Crippen LogP contribution is 2.18. The SMILES string of the molecule is CC.Cc1cc(C)c2ocnc2c1. The van der Waals surface area contributed by atoms with Crippen LogP contribution in [0.2, 0.25) is 0 Å². The largest absolute Gasteiger partial charge is 0.443 e. The first-order chi connectivity index (χ1) is 6.27. The smallest absolute Gasteiger partial charge is 0.181 e. The van der Waals surface area contributed by atoms with Crippen LogP contribution in [0.15, 0.2) is 22.9 Å². The highest BCUT2D eigenvalue weighted by molar-refractivity contribution is 5.76. The molecule has 0 atom stereocenters. The molecular weight excluding hydrogens is 162 g/mol. The summed E-state index contributed by atoms with van der Waals surface area (Å²) in [5.41, 5.74) is 4.22. The summed E-state index contributed by atoms with van der Waals surface area (Å²) in [5, 5.41) is 0. The summed E-state index contributed by atoms with van der Waals surface area (Å²) in [6.45, 7) is 8.08. The van der Waals surface area contributed by atoms with Crippen molar-refractivity contribution in [3.05, 3.63) is 29.7 Å². The standard InChI is InChI=1S/C9H9NO.C2H6/c1-6-3-7(2)9-8(4-6)10-5-11-9;1-2/h3-5H,1-2H3;1-2H3. The molecule has 2 rings (SSSR count). The molecule has 2 aromatic rings. The van der Waals surface area contributed by atoms with E-state index in [1.54, 1.807) is 0 Å². The van der Waals surface area contributed by atoms with Crippen LogP contribution in [0.5, 0.6) is 0 Å². The zero-order chi connectivity index (χ0) is 9.84. The molecule has 1 heterocycles. The van der Waals surface area contributed by atoms with Crippen molar-refractivity contribution in [2.75, 3.05) is 0 Å². The Bertz CT molecular complexity index is 390. The van der Waals surface area contributed by atoms with Gasteiger partial charge in [-0.2, -0.15) is 0 Å². The minimum atomic E-state index is 0.899. The Morgan fingerprint density at radius 1 is 1.15 bits per heavy atom. The van der Waals surface area contributed by atoms with Gasteiger partial charge >= 0.3 is 0 Å². The highest BCUT2D eigenvalue weighted by Gasteiger charge is 2.01. The van der Waals surface area contributed by atoms with Crippen LogP contribution in [0, 0.1) is 13.8 Å². The van der Waals surface area contributed by atoms with Gasteiger partial charge in [0.25, 0.3) is 0 Å². The summed E-state index contributed by atoms with van der Waals surface area (Å²) in [6.07, 6.45) is 1.48. The summed E-state index contributed by atoms with van der Waals surface area (Å²) in [5.74, 6) is 0. The predicted molar refractivity (Wildman–Crippen MR) is 54.8 cm³/mol. The van der Waals surface area contributed by atoms with E-state index in [1.807, 2.05) is 26.8 Å². The summed E-state index contributed by atoms with van der Waals surface area (Å²) in [6, 6.07) is 4.11. The summed E-state index contributed by atoms with van der Waals surface area (Å²) < 4.78 is 5.19. The molecule has 0 bridgehead atoms. The second-order valence-corrected chi connectivity index (χ2v) is 2.78. The molecule has 0 N–H and O–H groups in total.